The van der Waals surface area contributed by atoms with Crippen molar-refractivity contribution in [3.05, 3.63) is 65.2 Å². The van der Waals surface area contributed by atoms with Gasteiger partial charge in [-0.25, -0.2) is 8.78 Å². The molecule has 0 aromatic heterocycles. The maximum Gasteiger partial charge on any atom is 0.193 e. The van der Waals surface area contributed by atoms with Crippen molar-refractivity contribution in [2.24, 2.45) is 4.99 Å². The van der Waals surface area contributed by atoms with E-state index >= 15 is 0 Å². The van der Waals surface area contributed by atoms with Crippen molar-refractivity contribution in [2.45, 2.75) is 18.9 Å². The number of nitrogens with one attached hydrogen (secondary N) is 1. The first-order valence-electron chi connectivity index (χ1n) is 8.64. The van der Waals surface area contributed by atoms with Crippen molar-refractivity contribution in [1.29, 1.82) is 0 Å². The molecule has 1 heterocycles. The molecule has 138 valence electrons. The van der Waals surface area contributed by atoms with Crippen LogP contribution in [-0.2, 0) is 6.54 Å². The third-order valence-electron chi connectivity index (χ3n) is 4.73. The monoisotopic (exact) mass is 359 g/mol. The van der Waals surface area contributed by atoms with Crippen LogP contribution in [0, 0.1) is 11.6 Å². The number of hydrogen-bond acceptors (Lipinski definition) is 2. The first kappa shape index (κ1) is 18.2. The summed E-state index contributed by atoms with van der Waals surface area (Å²) in [6.45, 7) is 1.89. The maximum atomic E-state index is 13.8. The molecule has 3 rings (SSSR count). The quantitative estimate of drug-likeness (QED) is 0.670. The molecular weight excluding hydrogens is 336 g/mol. The molecule has 6 heteroatoms. The highest BCUT2D eigenvalue weighted by atomic mass is 19.1. The summed E-state index contributed by atoms with van der Waals surface area (Å²) in [5, 5.41) is 3.14. The van der Waals surface area contributed by atoms with E-state index in [2.05, 4.69) is 27.3 Å². The molecule has 0 amide bonds. The van der Waals surface area contributed by atoms with Crippen molar-refractivity contribution < 1.29 is 13.5 Å². The number of methoxy groups -OCH3 is 1. The Hall–Kier alpha value is -2.63. The molecule has 1 saturated heterocycles. The predicted octanol–water partition coefficient (Wildman–Crippen LogP) is 3.54. The minimum Gasteiger partial charge on any atom is -0.497 e. The molecule has 4 nitrogen and oxygen atoms in total. The van der Waals surface area contributed by atoms with E-state index in [1.807, 2.05) is 12.1 Å². The van der Waals surface area contributed by atoms with Crippen LogP contribution in [0.4, 0.5) is 8.78 Å². The zero-order valence-electron chi connectivity index (χ0n) is 15.0. The van der Waals surface area contributed by atoms with E-state index in [1.54, 1.807) is 14.2 Å². The van der Waals surface area contributed by atoms with Gasteiger partial charge < -0.3 is 15.0 Å². The number of rotatable bonds is 4. The first-order chi connectivity index (χ1) is 12.6. The second-order valence-electron chi connectivity index (χ2n) is 6.34. The molecule has 1 aliphatic rings. The molecule has 0 radical (unpaired) electrons. The smallest absolute Gasteiger partial charge is 0.193 e. The van der Waals surface area contributed by atoms with E-state index in [1.165, 1.54) is 11.6 Å². The van der Waals surface area contributed by atoms with Gasteiger partial charge in [0.2, 0.25) is 0 Å². The number of likely N-dealkylation sites (tertiary alicyclic amines) is 1. The summed E-state index contributed by atoms with van der Waals surface area (Å²) in [7, 11) is 3.36. The summed E-state index contributed by atoms with van der Waals surface area (Å²) in [5.41, 5.74) is 1.55. The average molecular weight is 359 g/mol. The van der Waals surface area contributed by atoms with Crippen molar-refractivity contribution in [2.75, 3.05) is 27.2 Å². The van der Waals surface area contributed by atoms with Gasteiger partial charge in [0, 0.05) is 38.2 Å². The Morgan fingerprint density at radius 2 is 2.00 bits per heavy atom. The first-order valence-corrected chi connectivity index (χ1v) is 8.64. The second-order valence-corrected chi connectivity index (χ2v) is 6.34. The molecule has 1 fully saturated rings. The van der Waals surface area contributed by atoms with Crippen molar-refractivity contribution in [1.82, 2.24) is 10.2 Å². The molecule has 0 aliphatic carbocycles. The van der Waals surface area contributed by atoms with Crippen LogP contribution in [0.5, 0.6) is 5.75 Å². The third kappa shape index (κ3) is 4.12. The molecule has 1 aliphatic heterocycles. The number of nitrogens with zero attached hydrogens (tertiary/aromatic N) is 2. The van der Waals surface area contributed by atoms with Gasteiger partial charge in [-0.15, -0.1) is 0 Å². The zero-order chi connectivity index (χ0) is 18.5. The molecule has 2 aromatic rings. The Morgan fingerprint density at radius 3 is 2.69 bits per heavy atom. The van der Waals surface area contributed by atoms with E-state index in [0.717, 1.165) is 37.4 Å². The molecule has 0 bridgehead atoms. The van der Waals surface area contributed by atoms with Crippen LogP contribution in [-0.4, -0.2) is 38.1 Å². The van der Waals surface area contributed by atoms with E-state index in [4.69, 9.17) is 4.74 Å². The average Bonchev–Trinajstić information content (AvgIpc) is 3.15. The fraction of sp³-hybridized carbons (Fsp3) is 0.350. The van der Waals surface area contributed by atoms with Gasteiger partial charge in [-0.2, -0.15) is 0 Å². The highest BCUT2D eigenvalue weighted by molar-refractivity contribution is 5.80. The highest BCUT2D eigenvalue weighted by Gasteiger charge is 2.26. The topological polar surface area (TPSA) is 36.9 Å². The Balaban J connectivity index is 1.61. The minimum absolute atomic E-state index is 0.194. The van der Waals surface area contributed by atoms with Crippen molar-refractivity contribution in [3.8, 4) is 5.75 Å². The van der Waals surface area contributed by atoms with Crippen LogP contribution in [0.25, 0.3) is 0 Å². The zero-order valence-corrected chi connectivity index (χ0v) is 15.0. The summed E-state index contributed by atoms with van der Waals surface area (Å²) in [4.78, 5) is 6.43. The van der Waals surface area contributed by atoms with E-state index in [0.29, 0.717) is 11.9 Å². The Labute approximate surface area is 152 Å². The van der Waals surface area contributed by atoms with Crippen LogP contribution in [0.1, 0.15) is 23.5 Å². The summed E-state index contributed by atoms with van der Waals surface area (Å²) in [5.74, 6) is 1.08. The number of hydrogen-bond donors (Lipinski definition) is 1. The maximum absolute atomic E-state index is 13.8. The Bertz CT molecular complexity index is 777. The minimum atomic E-state index is -0.445. The number of halogens is 2. The van der Waals surface area contributed by atoms with Crippen LogP contribution in [0.15, 0.2) is 47.5 Å². The van der Waals surface area contributed by atoms with Crippen LogP contribution in [0.3, 0.4) is 0 Å². The van der Waals surface area contributed by atoms with E-state index < -0.39 is 11.6 Å². The summed E-state index contributed by atoms with van der Waals surface area (Å²) < 4.78 is 32.3. The number of benzene rings is 2. The summed E-state index contributed by atoms with van der Waals surface area (Å²) >= 11 is 0. The Morgan fingerprint density at radius 1 is 1.23 bits per heavy atom. The third-order valence-corrected chi connectivity index (χ3v) is 4.73. The molecule has 2 aromatic carbocycles. The summed E-state index contributed by atoms with van der Waals surface area (Å²) in [6.07, 6.45) is 1.02. The molecule has 1 unspecified atom stereocenters. The molecule has 26 heavy (non-hydrogen) atoms. The standard InChI is InChI=1S/C20H23F2N3O/c1-23-20(24-12-16-11-17(21)5-8-19(16)22)25-10-9-15(13-25)14-3-6-18(26-2)7-4-14/h3-8,11,15H,9-10,12-13H2,1-2H3,(H,23,24). The van der Waals surface area contributed by atoms with Crippen molar-refractivity contribution >= 4 is 5.96 Å². The van der Waals surface area contributed by atoms with E-state index in [-0.39, 0.29) is 12.1 Å². The van der Waals surface area contributed by atoms with Gasteiger partial charge in [0.25, 0.3) is 0 Å². The van der Waals surface area contributed by atoms with Gasteiger partial charge in [-0.1, -0.05) is 12.1 Å². The lowest BCUT2D eigenvalue weighted by Crippen LogP contribution is -2.39. The van der Waals surface area contributed by atoms with Gasteiger partial charge >= 0.3 is 0 Å². The Kier molecular flexibility index (Phi) is 5.71. The lowest BCUT2D eigenvalue weighted by atomic mass is 9.98. The molecule has 0 saturated carbocycles. The fourth-order valence-electron chi connectivity index (χ4n) is 3.29. The molecular formula is C20H23F2N3O. The molecule has 0 spiro atoms. The molecule has 1 atom stereocenters. The number of guanidine groups is 1. The second kappa shape index (κ2) is 8.17. The van der Waals surface area contributed by atoms with Crippen LogP contribution in [0.2, 0.25) is 0 Å². The van der Waals surface area contributed by atoms with Gasteiger partial charge in [-0.05, 0) is 42.3 Å². The van der Waals surface area contributed by atoms with Crippen molar-refractivity contribution in [3.63, 3.8) is 0 Å². The number of aliphatic imine (C=N–C) groups is 1. The predicted molar refractivity (Wildman–Crippen MR) is 98.5 cm³/mol. The fourth-order valence-corrected chi connectivity index (χ4v) is 3.29. The number of ether oxygens (including phenoxy) is 1. The van der Waals surface area contributed by atoms with Crippen LogP contribution < -0.4 is 10.1 Å². The summed E-state index contributed by atoms with van der Waals surface area (Å²) in [6, 6.07) is 11.6. The van der Waals surface area contributed by atoms with Gasteiger partial charge in [-0.3, -0.25) is 4.99 Å². The van der Waals surface area contributed by atoms with Crippen LogP contribution >= 0.6 is 0 Å². The lowest BCUT2D eigenvalue weighted by Gasteiger charge is -2.22. The SMILES string of the molecule is CN=C(NCc1cc(F)ccc1F)N1CCC(c2ccc(OC)cc2)C1. The van der Waals surface area contributed by atoms with Gasteiger partial charge in [0.15, 0.2) is 5.96 Å². The molecule has 1 N–H and O–H groups in total. The largest absolute Gasteiger partial charge is 0.497 e. The van der Waals surface area contributed by atoms with E-state index in [9.17, 15) is 8.78 Å². The highest BCUT2D eigenvalue weighted by Crippen LogP contribution is 2.28. The lowest BCUT2D eigenvalue weighted by molar-refractivity contribution is 0.414. The normalized spacial score (nSPS) is 17.5. The van der Waals surface area contributed by atoms with Gasteiger partial charge in [0.1, 0.15) is 17.4 Å². The van der Waals surface area contributed by atoms with Gasteiger partial charge in [0.05, 0.1) is 7.11 Å².